The first-order valence-electron chi connectivity index (χ1n) is 8.43. The molecule has 1 aliphatic carbocycles. The molecule has 0 fully saturated rings. The third-order valence-electron chi connectivity index (χ3n) is 5.03. The predicted molar refractivity (Wildman–Crippen MR) is 131 cm³/mol. The minimum absolute atomic E-state index is 0.837. The molecule has 0 aliphatic heterocycles. The molecule has 0 spiro atoms. The molecule has 4 rings (SSSR count). The van der Waals surface area contributed by atoms with E-state index in [1.54, 1.807) is 0 Å². The van der Waals surface area contributed by atoms with Crippen molar-refractivity contribution in [1.82, 2.24) is 0 Å². The van der Waals surface area contributed by atoms with E-state index in [9.17, 15) is 0 Å². The highest BCUT2D eigenvalue weighted by atomic mass is 32.1. The second kappa shape index (κ2) is 7.88. The molecule has 27 heavy (non-hydrogen) atoms. The summed E-state index contributed by atoms with van der Waals surface area (Å²) in [5, 5.41) is 0. The number of benzene rings is 3. The second-order valence-electron chi connectivity index (χ2n) is 6.86. The fourth-order valence-electron chi connectivity index (χ4n) is 3.59. The number of thiol groups is 6. The molecule has 0 saturated carbocycles. The molecule has 0 radical (unpaired) electrons. The molecular weight excluding hydrogens is 445 g/mol. The van der Waals surface area contributed by atoms with Crippen molar-refractivity contribution in [1.29, 1.82) is 0 Å². The molecular formula is C21H18S6. The van der Waals surface area contributed by atoms with Crippen LogP contribution in [0, 0.1) is 0 Å². The maximum atomic E-state index is 4.59. The van der Waals surface area contributed by atoms with Crippen LogP contribution in [0.15, 0.2) is 65.8 Å². The van der Waals surface area contributed by atoms with E-state index in [1.165, 1.54) is 33.4 Å². The largest absolute Gasteiger partial charge is 0.142 e. The molecule has 0 bridgehead atoms. The third-order valence-corrected chi connectivity index (χ3v) is 7.78. The van der Waals surface area contributed by atoms with Crippen molar-refractivity contribution in [3.8, 4) is 0 Å². The average molecular weight is 463 g/mol. The minimum Gasteiger partial charge on any atom is -0.142 e. The molecule has 0 heterocycles. The number of hydrogen-bond donors (Lipinski definition) is 6. The van der Waals surface area contributed by atoms with E-state index in [2.05, 4.69) is 112 Å². The monoisotopic (exact) mass is 462 g/mol. The summed E-state index contributed by atoms with van der Waals surface area (Å²) in [6.07, 6.45) is 2.51. The number of fused-ring (bicyclic) bond motifs is 3. The molecule has 0 atom stereocenters. The SMILES string of the molecule is Sc1cc2c(cc1S)Cc1cc(S)c(S)cc1Cc1cc(S)c(S)cc1C2. The maximum Gasteiger partial charge on any atom is 0.0177 e. The van der Waals surface area contributed by atoms with Gasteiger partial charge in [-0.05, 0) is 89.0 Å². The van der Waals surface area contributed by atoms with Crippen LogP contribution in [0.25, 0.3) is 0 Å². The molecule has 0 aromatic heterocycles. The van der Waals surface area contributed by atoms with Gasteiger partial charge >= 0.3 is 0 Å². The third kappa shape index (κ3) is 4.07. The van der Waals surface area contributed by atoms with Gasteiger partial charge in [0.25, 0.3) is 0 Å². The summed E-state index contributed by atoms with van der Waals surface area (Å²) in [7, 11) is 0. The zero-order valence-corrected chi connectivity index (χ0v) is 19.6. The van der Waals surface area contributed by atoms with Gasteiger partial charge in [-0.25, -0.2) is 0 Å². The van der Waals surface area contributed by atoms with E-state index in [-0.39, 0.29) is 0 Å². The molecule has 3 aromatic carbocycles. The first-order chi connectivity index (χ1) is 12.8. The highest BCUT2D eigenvalue weighted by Gasteiger charge is 2.18. The number of rotatable bonds is 0. The van der Waals surface area contributed by atoms with Crippen LogP contribution in [-0.2, 0) is 19.3 Å². The Labute approximate surface area is 193 Å². The lowest BCUT2D eigenvalue weighted by Gasteiger charge is -2.14. The highest BCUT2D eigenvalue weighted by Crippen LogP contribution is 2.35. The zero-order chi connectivity index (χ0) is 19.3. The van der Waals surface area contributed by atoms with Crippen LogP contribution >= 0.6 is 75.8 Å². The van der Waals surface area contributed by atoms with E-state index in [0.717, 1.165) is 48.6 Å². The molecule has 6 heteroatoms. The Hall–Kier alpha value is -0.240. The van der Waals surface area contributed by atoms with Gasteiger partial charge in [-0.15, -0.1) is 75.8 Å². The van der Waals surface area contributed by atoms with Crippen molar-refractivity contribution >= 4 is 75.8 Å². The molecule has 0 N–H and O–H groups in total. The first kappa shape index (κ1) is 20.0. The summed E-state index contributed by atoms with van der Waals surface area (Å²) in [6, 6.07) is 12.8. The van der Waals surface area contributed by atoms with Crippen molar-refractivity contribution in [2.45, 2.75) is 48.6 Å². The average Bonchev–Trinajstić information content (AvgIpc) is 2.65. The van der Waals surface area contributed by atoms with Crippen LogP contribution in [0.5, 0.6) is 0 Å². The lowest BCUT2D eigenvalue weighted by molar-refractivity contribution is 1.03. The topological polar surface area (TPSA) is 0 Å². The van der Waals surface area contributed by atoms with Crippen LogP contribution < -0.4 is 0 Å². The van der Waals surface area contributed by atoms with Crippen LogP contribution in [0.1, 0.15) is 33.4 Å². The van der Waals surface area contributed by atoms with E-state index < -0.39 is 0 Å². The second-order valence-corrected chi connectivity index (χ2v) is 9.75. The van der Waals surface area contributed by atoms with Crippen LogP contribution in [0.4, 0.5) is 0 Å². The van der Waals surface area contributed by atoms with Crippen molar-refractivity contribution in [3.05, 3.63) is 69.8 Å². The smallest absolute Gasteiger partial charge is 0.0177 e. The molecule has 3 aromatic rings. The van der Waals surface area contributed by atoms with Gasteiger partial charge in [-0.2, -0.15) is 0 Å². The van der Waals surface area contributed by atoms with Crippen molar-refractivity contribution < 1.29 is 0 Å². The summed E-state index contributed by atoms with van der Waals surface area (Å²) >= 11 is 27.5. The van der Waals surface area contributed by atoms with Crippen LogP contribution in [-0.4, -0.2) is 0 Å². The normalized spacial score (nSPS) is 13.1. The summed E-state index contributed by atoms with van der Waals surface area (Å²) < 4.78 is 0. The Morgan fingerprint density at radius 3 is 0.630 bits per heavy atom. The van der Waals surface area contributed by atoms with Crippen LogP contribution in [0.2, 0.25) is 0 Å². The van der Waals surface area contributed by atoms with Crippen molar-refractivity contribution in [2.24, 2.45) is 0 Å². The van der Waals surface area contributed by atoms with E-state index >= 15 is 0 Å². The summed E-state index contributed by atoms with van der Waals surface area (Å²) in [5.74, 6) is 0. The van der Waals surface area contributed by atoms with Crippen LogP contribution in [0.3, 0.4) is 0 Å². The number of hydrogen-bond acceptors (Lipinski definition) is 6. The first-order valence-corrected chi connectivity index (χ1v) is 11.1. The highest BCUT2D eigenvalue weighted by molar-refractivity contribution is 7.84. The minimum atomic E-state index is 0.837. The molecule has 0 saturated heterocycles. The molecule has 0 unspecified atom stereocenters. The summed E-state index contributed by atoms with van der Waals surface area (Å²) in [6.45, 7) is 0. The zero-order valence-electron chi connectivity index (χ0n) is 14.3. The fraction of sp³-hybridized carbons (Fsp3) is 0.143. The Balaban J connectivity index is 2.00. The van der Waals surface area contributed by atoms with E-state index in [1.807, 2.05) is 0 Å². The lowest BCUT2D eigenvalue weighted by Crippen LogP contribution is -1.99. The summed E-state index contributed by atoms with van der Waals surface area (Å²) in [5.41, 5.74) is 7.60. The molecule has 138 valence electrons. The Morgan fingerprint density at radius 1 is 0.333 bits per heavy atom. The van der Waals surface area contributed by atoms with Crippen molar-refractivity contribution in [3.63, 3.8) is 0 Å². The van der Waals surface area contributed by atoms with Gasteiger partial charge in [-0.3, -0.25) is 0 Å². The fourth-order valence-corrected chi connectivity index (χ4v) is 4.92. The van der Waals surface area contributed by atoms with Gasteiger partial charge in [0.05, 0.1) is 0 Å². The Kier molecular flexibility index (Phi) is 5.85. The lowest BCUT2D eigenvalue weighted by atomic mass is 9.95. The summed E-state index contributed by atoms with van der Waals surface area (Å²) in [4.78, 5) is 5.39. The van der Waals surface area contributed by atoms with Gasteiger partial charge < -0.3 is 0 Å². The Morgan fingerprint density at radius 2 is 0.481 bits per heavy atom. The standard InChI is InChI=1S/C21H18S6/c22-16-4-10-1-11-5-17(23)19(25)7-13(11)3-15-9-21(27)20(26)8-14(15)2-12(10)6-18(16)24/h4-9,22-27H,1-3H2. The molecule has 1 aliphatic rings. The molecule has 0 amide bonds. The van der Waals surface area contributed by atoms with Gasteiger partial charge in [0.1, 0.15) is 0 Å². The Bertz CT molecular complexity index is 853. The predicted octanol–water partition coefficient (Wildman–Crippen LogP) is 6.50. The van der Waals surface area contributed by atoms with E-state index in [4.69, 9.17) is 0 Å². The maximum absolute atomic E-state index is 4.59. The molecule has 0 nitrogen and oxygen atoms in total. The van der Waals surface area contributed by atoms with Gasteiger partial charge in [0, 0.05) is 29.4 Å². The van der Waals surface area contributed by atoms with Crippen molar-refractivity contribution in [2.75, 3.05) is 0 Å². The quantitative estimate of drug-likeness (QED) is 0.158. The van der Waals surface area contributed by atoms with Gasteiger partial charge in [0.2, 0.25) is 0 Å². The van der Waals surface area contributed by atoms with E-state index in [0.29, 0.717) is 0 Å². The van der Waals surface area contributed by atoms with Gasteiger partial charge in [-0.1, -0.05) is 0 Å². The van der Waals surface area contributed by atoms with Gasteiger partial charge in [0.15, 0.2) is 0 Å².